The maximum atomic E-state index is 13.6. The number of aliphatic carboxylic acids is 1. The smallest absolute Gasteiger partial charge is 0.416 e. The summed E-state index contributed by atoms with van der Waals surface area (Å²) in [7, 11) is 0. The normalized spacial score (nSPS) is 19.6. The van der Waals surface area contributed by atoms with Crippen LogP contribution in [0, 0.1) is 0 Å². The molecule has 1 saturated heterocycles. The zero-order chi connectivity index (χ0) is 24.3. The first-order valence-corrected chi connectivity index (χ1v) is 11.5. The summed E-state index contributed by atoms with van der Waals surface area (Å²) in [5, 5.41) is 12.3. The zero-order valence-electron chi connectivity index (χ0n) is 19.8. The maximum absolute atomic E-state index is 13.6. The van der Waals surface area contributed by atoms with Crippen molar-refractivity contribution < 1.29 is 24.2 Å². The fourth-order valence-electron chi connectivity index (χ4n) is 4.51. The number of rotatable bonds is 6. The van der Waals surface area contributed by atoms with Gasteiger partial charge in [-0.3, -0.25) is 4.90 Å². The lowest BCUT2D eigenvalue weighted by atomic mass is 9.87. The molecular formula is C26H31N3O5. The molecule has 1 aromatic carbocycles. The lowest BCUT2D eigenvalue weighted by Crippen LogP contribution is -2.56. The Labute approximate surface area is 199 Å². The standard InChI is InChI=1S/C26H31N3O5/c1-25(2,3)34-24(32)29(22-8-5-18(16-28-22)6-9-23(30)31)26(11-12-27-17-26)15-19-4-7-21-20(14-19)10-13-33-21/h4-9,14,16,27H,10-13,15,17H2,1-3H3,(H,30,31)/b9-6+/t26-/m0/s1. The van der Waals surface area contributed by atoms with Gasteiger partial charge in [-0.25, -0.2) is 14.6 Å². The number of benzene rings is 1. The van der Waals surface area contributed by atoms with Crippen molar-refractivity contribution in [1.29, 1.82) is 0 Å². The monoisotopic (exact) mass is 465 g/mol. The zero-order valence-corrected chi connectivity index (χ0v) is 19.8. The van der Waals surface area contributed by atoms with Gasteiger partial charge in [0.15, 0.2) is 0 Å². The Morgan fingerprint density at radius 2 is 2.12 bits per heavy atom. The summed E-state index contributed by atoms with van der Waals surface area (Å²) in [5.41, 5.74) is 1.71. The second-order valence-corrected chi connectivity index (χ2v) is 9.81. The molecule has 1 amide bonds. The van der Waals surface area contributed by atoms with Crippen LogP contribution in [-0.2, 0) is 22.4 Å². The first-order chi connectivity index (χ1) is 16.2. The van der Waals surface area contributed by atoms with E-state index in [2.05, 4.69) is 22.4 Å². The van der Waals surface area contributed by atoms with Crippen LogP contribution in [0.5, 0.6) is 5.75 Å². The molecule has 1 atom stereocenters. The van der Waals surface area contributed by atoms with Gasteiger partial charge in [0.25, 0.3) is 0 Å². The number of nitrogens with one attached hydrogen (secondary N) is 1. The molecule has 0 radical (unpaired) electrons. The van der Waals surface area contributed by atoms with E-state index in [1.807, 2.05) is 26.8 Å². The third kappa shape index (κ3) is 5.39. The Morgan fingerprint density at radius 1 is 1.29 bits per heavy atom. The van der Waals surface area contributed by atoms with Crippen molar-refractivity contribution in [2.45, 2.75) is 51.2 Å². The van der Waals surface area contributed by atoms with E-state index in [0.717, 1.165) is 36.8 Å². The summed E-state index contributed by atoms with van der Waals surface area (Å²) < 4.78 is 11.5. The van der Waals surface area contributed by atoms with E-state index < -0.39 is 23.2 Å². The highest BCUT2D eigenvalue weighted by Gasteiger charge is 2.45. The van der Waals surface area contributed by atoms with Gasteiger partial charge in [0.1, 0.15) is 17.2 Å². The van der Waals surface area contributed by atoms with Crippen LogP contribution in [0.25, 0.3) is 6.08 Å². The van der Waals surface area contributed by atoms with Crippen molar-refractivity contribution in [3.05, 3.63) is 59.3 Å². The summed E-state index contributed by atoms with van der Waals surface area (Å²) in [6.07, 6.45) is 5.89. The van der Waals surface area contributed by atoms with Crippen LogP contribution >= 0.6 is 0 Å². The minimum Gasteiger partial charge on any atom is -0.493 e. The lowest BCUT2D eigenvalue weighted by molar-refractivity contribution is -0.131. The Hall–Kier alpha value is -3.39. The van der Waals surface area contributed by atoms with Crippen LogP contribution in [0.3, 0.4) is 0 Å². The van der Waals surface area contributed by atoms with Gasteiger partial charge in [-0.2, -0.15) is 0 Å². The van der Waals surface area contributed by atoms with Gasteiger partial charge in [0.05, 0.1) is 12.1 Å². The van der Waals surface area contributed by atoms with Crippen molar-refractivity contribution in [2.24, 2.45) is 0 Å². The fraction of sp³-hybridized carbons (Fsp3) is 0.423. The number of hydrogen-bond acceptors (Lipinski definition) is 6. The third-order valence-electron chi connectivity index (χ3n) is 5.98. The number of aromatic nitrogens is 1. The van der Waals surface area contributed by atoms with E-state index in [9.17, 15) is 9.59 Å². The van der Waals surface area contributed by atoms with E-state index in [1.165, 1.54) is 11.6 Å². The van der Waals surface area contributed by atoms with Crippen molar-refractivity contribution in [3.8, 4) is 5.75 Å². The molecule has 0 saturated carbocycles. The molecule has 2 aliphatic rings. The average molecular weight is 466 g/mol. The van der Waals surface area contributed by atoms with E-state index in [-0.39, 0.29) is 0 Å². The number of anilines is 1. The molecule has 8 heteroatoms. The van der Waals surface area contributed by atoms with Crippen LogP contribution in [-0.4, -0.2) is 53.0 Å². The quantitative estimate of drug-likeness (QED) is 0.625. The van der Waals surface area contributed by atoms with Crippen LogP contribution < -0.4 is 15.0 Å². The van der Waals surface area contributed by atoms with Crippen LogP contribution in [0.15, 0.2) is 42.6 Å². The van der Waals surface area contributed by atoms with Gasteiger partial charge in [0, 0.05) is 25.2 Å². The highest BCUT2D eigenvalue weighted by molar-refractivity contribution is 5.89. The lowest BCUT2D eigenvalue weighted by Gasteiger charge is -2.40. The summed E-state index contributed by atoms with van der Waals surface area (Å²) in [5.74, 6) is 0.364. The first-order valence-electron chi connectivity index (χ1n) is 11.5. The number of fused-ring (bicyclic) bond motifs is 1. The molecule has 0 bridgehead atoms. The number of pyridine rings is 1. The van der Waals surface area contributed by atoms with Crippen molar-refractivity contribution in [2.75, 3.05) is 24.6 Å². The Bertz CT molecular complexity index is 1080. The average Bonchev–Trinajstić information content (AvgIpc) is 3.41. The largest absolute Gasteiger partial charge is 0.493 e. The number of carbonyl (C=O) groups excluding carboxylic acids is 1. The van der Waals surface area contributed by atoms with Crippen molar-refractivity contribution >= 4 is 24.0 Å². The molecule has 1 fully saturated rings. The SMILES string of the molecule is CC(C)(C)OC(=O)N(c1ccc(/C=C/C(=O)O)cn1)[C@]1(Cc2ccc3c(c2)CCO3)CCNC1. The van der Waals surface area contributed by atoms with Gasteiger partial charge in [-0.05, 0) is 81.1 Å². The molecule has 1 aromatic heterocycles. The van der Waals surface area contributed by atoms with Gasteiger partial charge >= 0.3 is 12.1 Å². The van der Waals surface area contributed by atoms with Crippen molar-refractivity contribution in [1.82, 2.24) is 10.3 Å². The molecular weight excluding hydrogens is 434 g/mol. The minimum absolute atomic E-state index is 0.456. The molecule has 0 aliphatic carbocycles. The predicted octanol–water partition coefficient (Wildman–Crippen LogP) is 3.83. The molecule has 4 rings (SSSR count). The molecule has 180 valence electrons. The van der Waals surface area contributed by atoms with Crippen molar-refractivity contribution in [3.63, 3.8) is 0 Å². The molecule has 8 nitrogen and oxygen atoms in total. The number of carboxylic acids is 1. The minimum atomic E-state index is -1.03. The highest BCUT2D eigenvalue weighted by Crippen LogP contribution is 2.35. The molecule has 0 spiro atoms. The summed E-state index contributed by atoms with van der Waals surface area (Å²) >= 11 is 0. The van der Waals surface area contributed by atoms with Gasteiger partial charge in [-0.15, -0.1) is 0 Å². The fourth-order valence-corrected chi connectivity index (χ4v) is 4.51. The number of ether oxygens (including phenoxy) is 2. The van der Waals surface area contributed by atoms with Crippen LogP contribution in [0.4, 0.5) is 10.6 Å². The Balaban J connectivity index is 1.71. The second kappa shape index (κ2) is 9.46. The molecule has 2 aliphatic heterocycles. The first kappa shape index (κ1) is 23.8. The summed E-state index contributed by atoms with van der Waals surface area (Å²) in [6, 6.07) is 9.73. The van der Waals surface area contributed by atoms with Gasteiger partial charge in [-0.1, -0.05) is 12.1 Å². The molecule has 3 heterocycles. The van der Waals surface area contributed by atoms with E-state index in [4.69, 9.17) is 14.6 Å². The second-order valence-electron chi connectivity index (χ2n) is 9.81. The predicted molar refractivity (Wildman–Crippen MR) is 129 cm³/mol. The third-order valence-corrected chi connectivity index (χ3v) is 5.98. The molecule has 2 N–H and O–H groups in total. The van der Waals surface area contributed by atoms with E-state index >= 15 is 0 Å². The number of carboxylic acid groups (broad SMARTS) is 1. The number of amides is 1. The number of nitrogens with zero attached hydrogens (tertiary/aromatic N) is 2. The van der Waals surface area contributed by atoms with Gasteiger partial charge < -0.3 is 19.9 Å². The molecule has 2 aromatic rings. The van der Waals surface area contributed by atoms with Crippen LogP contribution in [0.2, 0.25) is 0 Å². The topological polar surface area (TPSA) is 101 Å². The summed E-state index contributed by atoms with van der Waals surface area (Å²) in [4.78, 5) is 30.6. The number of carbonyl (C=O) groups is 2. The highest BCUT2D eigenvalue weighted by atomic mass is 16.6. The molecule has 34 heavy (non-hydrogen) atoms. The van der Waals surface area contributed by atoms with Crippen LogP contribution in [0.1, 0.15) is 43.9 Å². The Morgan fingerprint density at radius 3 is 2.76 bits per heavy atom. The van der Waals surface area contributed by atoms with Gasteiger partial charge in [0.2, 0.25) is 0 Å². The number of hydrogen-bond donors (Lipinski definition) is 2. The van der Waals surface area contributed by atoms with E-state index in [1.54, 1.807) is 23.2 Å². The molecule has 0 unspecified atom stereocenters. The van der Waals surface area contributed by atoms with E-state index in [0.29, 0.717) is 31.0 Å². The maximum Gasteiger partial charge on any atom is 0.416 e. The summed E-state index contributed by atoms with van der Waals surface area (Å²) in [6.45, 7) is 7.60. The Kier molecular flexibility index (Phi) is 6.61.